The van der Waals surface area contributed by atoms with Crippen LogP contribution in [0.15, 0.2) is 0 Å². The maximum absolute atomic E-state index is 9.04. The highest BCUT2D eigenvalue weighted by Gasteiger charge is 2.23. The fraction of sp³-hybridized carbons (Fsp3) is 1.00. The van der Waals surface area contributed by atoms with E-state index in [1.165, 1.54) is 13.0 Å². The standard InChI is InChI=1S/C16H35N3O/c1-15(2)12-17-13-16(3,4)14-19-7-5-6-18(8-9-19)10-11-20/h15,17,20H,5-14H2,1-4H3. The minimum absolute atomic E-state index is 0.282. The second kappa shape index (κ2) is 8.98. The van der Waals surface area contributed by atoms with Gasteiger partial charge in [-0.2, -0.15) is 0 Å². The summed E-state index contributed by atoms with van der Waals surface area (Å²) in [6.45, 7) is 18.2. The molecule has 0 aromatic carbocycles. The Morgan fingerprint density at radius 2 is 1.75 bits per heavy atom. The SMILES string of the molecule is CC(C)CNCC(C)(C)CN1CCCN(CCO)CC1. The summed E-state index contributed by atoms with van der Waals surface area (Å²) in [5.74, 6) is 0.719. The van der Waals surface area contributed by atoms with Crippen LogP contribution < -0.4 is 5.32 Å². The molecule has 0 aliphatic carbocycles. The summed E-state index contributed by atoms with van der Waals surface area (Å²) in [6.07, 6.45) is 1.22. The van der Waals surface area contributed by atoms with Crippen LogP contribution in [-0.2, 0) is 0 Å². The van der Waals surface area contributed by atoms with E-state index < -0.39 is 0 Å². The molecule has 1 saturated heterocycles. The maximum atomic E-state index is 9.04. The molecule has 0 atom stereocenters. The summed E-state index contributed by atoms with van der Waals surface area (Å²) in [6, 6.07) is 0. The lowest BCUT2D eigenvalue weighted by Gasteiger charge is -2.32. The predicted molar refractivity (Wildman–Crippen MR) is 86.1 cm³/mol. The van der Waals surface area contributed by atoms with E-state index in [0.29, 0.717) is 5.41 Å². The smallest absolute Gasteiger partial charge is 0.0558 e. The number of nitrogens with one attached hydrogen (secondary N) is 1. The third-order valence-electron chi connectivity index (χ3n) is 3.91. The van der Waals surface area contributed by atoms with Crippen molar-refractivity contribution in [2.45, 2.75) is 34.1 Å². The Labute approximate surface area is 125 Å². The monoisotopic (exact) mass is 285 g/mol. The molecule has 0 spiro atoms. The van der Waals surface area contributed by atoms with Crippen molar-refractivity contribution < 1.29 is 5.11 Å². The highest BCUT2D eigenvalue weighted by Crippen LogP contribution is 2.17. The van der Waals surface area contributed by atoms with Gasteiger partial charge >= 0.3 is 0 Å². The fourth-order valence-corrected chi connectivity index (χ4v) is 2.91. The van der Waals surface area contributed by atoms with E-state index in [1.54, 1.807) is 0 Å². The summed E-state index contributed by atoms with van der Waals surface area (Å²) in [7, 11) is 0. The normalized spacial score (nSPS) is 19.5. The Bertz CT molecular complexity index is 256. The summed E-state index contributed by atoms with van der Waals surface area (Å²) >= 11 is 0. The molecule has 4 nitrogen and oxygen atoms in total. The first kappa shape index (κ1) is 17.9. The molecule has 1 heterocycles. The van der Waals surface area contributed by atoms with Gasteiger partial charge < -0.3 is 15.3 Å². The van der Waals surface area contributed by atoms with Crippen molar-refractivity contribution >= 4 is 0 Å². The Morgan fingerprint density at radius 3 is 2.40 bits per heavy atom. The molecule has 0 amide bonds. The Balaban J connectivity index is 2.31. The molecule has 2 N–H and O–H groups in total. The van der Waals surface area contributed by atoms with Gasteiger partial charge in [-0.15, -0.1) is 0 Å². The van der Waals surface area contributed by atoms with E-state index in [1.807, 2.05) is 0 Å². The number of aliphatic hydroxyl groups is 1. The van der Waals surface area contributed by atoms with Crippen LogP contribution in [0.2, 0.25) is 0 Å². The zero-order valence-corrected chi connectivity index (χ0v) is 14.0. The number of rotatable bonds is 8. The number of hydrogen-bond acceptors (Lipinski definition) is 4. The number of hydrogen-bond donors (Lipinski definition) is 2. The molecule has 120 valence electrons. The van der Waals surface area contributed by atoms with Gasteiger partial charge in [0, 0.05) is 32.7 Å². The van der Waals surface area contributed by atoms with Crippen molar-refractivity contribution in [2.75, 3.05) is 59.0 Å². The van der Waals surface area contributed by atoms with Crippen LogP contribution in [0.5, 0.6) is 0 Å². The van der Waals surface area contributed by atoms with E-state index in [9.17, 15) is 0 Å². The highest BCUT2D eigenvalue weighted by molar-refractivity contribution is 4.79. The topological polar surface area (TPSA) is 38.7 Å². The van der Waals surface area contributed by atoms with Gasteiger partial charge in [-0.3, -0.25) is 4.90 Å². The Morgan fingerprint density at radius 1 is 1.10 bits per heavy atom. The van der Waals surface area contributed by atoms with E-state index in [4.69, 9.17) is 5.11 Å². The van der Waals surface area contributed by atoms with E-state index >= 15 is 0 Å². The average Bonchev–Trinajstić information content (AvgIpc) is 2.54. The van der Waals surface area contributed by atoms with Crippen molar-refractivity contribution in [3.8, 4) is 0 Å². The van der Waals surface area contributed by atoms with E-state index in [2.05, 4.69) is 42.8 Å². The summed E-state index contributed by atoms with van der Waals surface area (Å²) in [5.41, 5.74) is 0.320. The lowest BCUT2D eigenvalue weighted by atomic mass is 9.92. The Hall–Kier alpha value is -0.160. The molecule has 1 rings (SSSR count). The minimum Gasteiger partial charge on any atom is -0.395 e. The number of nitrogens with zero attached hydrogens (tertiary/aromatic N) is 2. The molecule has 1 aliphatic heterocycles. The third kappa shape index (κ3) is 7.58. The van der Waals surface area contributed by atoms with Crippen LogP contribution in [0.1, 0.15) is 34.1 Å². The maximum Gasteiger partial charge on any atom is 0.0558 e. The molecular formula is C16H35N3O. The van der Waals surface area contributed by atoms with E-state index in [0.717, 1.165) is 51.7 Å². The van der Waals surface area contributed by atoms with Crippen molar-refractivity contribution in [1.29, 1.82) is 0 Å². The van der Waals surface area contributed by atoms with Gasteiger partial charge in [0.2, 0.25) is 0 Å². The summed E-state index contributed by atoms with van der Waals surface area (Å²) < 4.78 is 0. The molecule has 1 aliphatic rings. The lowest BCUT2D eigenvalue weighted by molar-refractivity contribution is 0.168. The van der Waals surface area contributed by atoms with Gasteiger partial charge in [-0.05, 0) is 37.4 Å². The lowest BCUT2D eigenvalue weighted by Crippen LogP contribution is -2.42. The van der Waals surface area contributed by atoms with Crippen LogP contribution in [0.4, 0.5) is 0 Å². The number of β-amino-alcohol motifs (C(OH)–C–C–N with tert-alkyl or cyclic N) is 1. The van der Waals surface area contributed by atoms with Crippen molar-refractivity contribution in [3.05, 3.63) is 0 Å². The molecule has 0 aromatic heterocycles. The van der Waals surface area contributed by atoms with Gasteiger partial charge in [0.15, 0.2) is 0 Å². The van der Waals surface area contributed by atoms with Crippen LogP contribution in [0.25, 0.3) is 0 Å². The first-order valence-electron chi connectivity index (χ1n) is 8.19. The second-order valence-corrected chi connectivity index (χ2v) is 7.38. The highest BCUT2D eigenvalue weighted by atomic mass is 16.3. The Kier molecular flexibility index (Phi) is 8.03. The molecule has 0 unspecified atom stereocenters. The molecule has 4 heteroatoms. The molecule has 0 aromatic rings. The molecule has 1 fully saturated rings. The van der Waals surface area contributed by atoms with Gasteiger partial charge in [0.1, 0.15) is 0 Å². The van der Waals surface area contributed by atoms with Crippen molar-refractivity contribution in [1.82, 2.24) is 15.1 Å². The zero-order valence-electron chi connectivity index (χ0n) is 14.0. The van der Waals surface area contributed by atoms with Crippen LogP contribution >= 0.6 is 0 Å². The molecule has 0 radical (unpaired) electrons. The predicted octanol–water partition coefficient (Wildman–Crippen LogP) is 1.26. The van der Waals surface area contributed by atoms with Gasteiger partial charge in [0.05, 0.1) is 6.61 Å². The second-order valence-electron chi connectivity index (χ2n) is 7.38. The fourth-order valence-electron chi connectivity index (χ4n) is 2.91. The van der Waals surface area contributed by atoms with Gasteiger partial charge in [-0.1, -0.05) is 27.7 Å². The molecular weight excluding hydrogens is 250 g/mol. The van der Waals surface area contributed by atoms with Gasteiger partial charge in [-0.25, -0.2) is 0 Å². The first-order chi connectivity index (χ1) is 9.43. The molecule has 0 saturated carbocycles. The summed E-state index contributed by atoms with van der Waals surface area (Å²) in [5, 5.41) is 12.6. The zero-order chi connectivity index (χ0) is 15.0. The molecule has 20 heavy (non-hydrogen) atoms. The van der Waals surface area contributed by atoms with Crippen molar-refractivity contribution in [3.63, 3.8) is 0 Å². The third-order valence-corrected chi connectivity index (χ3v) is 3.91. The average molecular weight is 285 g/mol. The molecule has 0 bridgehead atoms. The minimum atomic E-state index is 0.282. The van der Waals surface area contributed by atoms with Crippen molar-refractivity contribution in [2.24, 2.45) is 11.3 Å². The van der Waals surface area contributed by atoms with Crippen LogP contribution in [-0.4, -0.2) is 73.9 Å². The largest absolute Gasteiger partial charge is 0.395 e. The quantitative estimate of drug-likeness (QED) is 0.704. The number of aliphatic hydroxyl groups excluding tert-OH is 1. The first-order valence-corrected chi connectivity index (χ1v) is 8.19. The van der Waals surface area contributed by atoms with Crippen LogP contribution in [0.3, 0.4) is 0 Å². The van der Waals surface area contributed by atoms with E-state index in [-0.39, 0.29) is 6.61 Å². The van der Waals surface area contributed by atoms with Gasteiger partial charge in [0.25, 0.3) is 0 Å². The summed E-state index contributed by atoms with van der Waals surface area (Å²) in [4.78, 5) is 4.97. The van der Waals surface area contributed by atoms with Crippen LogP contribution in [0, 0.1) is 11.3 Å².